The van der Waals surface area contributed by atoms with E-state index >= 15 is 0 Å². The number of hydrogen-bond acceptors (Lipinski definition) is 3. The van der Waals surface area contributed by atoms with Crippen molar-refractivity contribution in [3.63, 3.8) is 0 Å². The summed E-state index contributed by atoms with van der Waals surface area (Å²) in [6.07, 6.45) is -2.14. The summed E-state index contributed by atoms with van der Waals surface area (Å²) >= 11 is 1.60. The lowest BCUT2D eigenvalue weighted by Gasteiger charge is -2.13. The molecule has 1 heterocycles. The van der Waals surface area contributed by atoms with Crippen LogP contribution in [0.5, 0.6) is 0 Å². The number of aliphatic imine (C=N–C) groups is 1. The first-order valence-electron chi connectivity index (χ1n) is 8.08. The van der Waals surface area contributed by atoms with Crippen LogP contribution in [0.2, 0.25) is 0 Å². The summed E-state index contributed by atoms with van der Waals surface area (Å²) < 4.78 is 52.3. The maximum atomic E-state index is 13.2. The van der Waals surface area contributed by atoms with E-state index in [4.69, 9.17) is 0 Å². The monoisotopic (exact) mass is 388 g/mol. The Bertz CT molecular complexity index is 755. The fraction of sp³-hybridized carbons (Fsp3) is 0.412. The summed E-state index contributed by atoms with van der Waals surface area (Å²) in [6.45, 7) is 4.74. The van der Waals surface area contributed by atoms with E-state index in [0.717, 1.165) is 22.0 Å². The van der Waals surface area contributed by atoms with Crippen LogP contribution in [-0.4, -0.2) is 24.0 Å². The fourth-order valence-corrected chi connectivity index (χ4v) is 3.05. The minimum atomic E-state index is -4.62. The Balaban J connectivity index is 2.04. The molecule has 0 saturated heterocycles. The first kappa shape index (κ1) is 20.2. The van der Waals surface area contributed by atoms with Gasteiger partial charge in [-0.15, -0.1) is 11.3 Å². The predicted octanol–water partition coefficient (Wildman–Crippen LogP) is 3.91. The fourth-order valence-electron chi connectivity index (χ4n) is 2.26. The molecule has 0 aliphatic carbocycles. The molecule has 0 amide bonds. The highest BCUT2D eigenvalue weighted by Crippen LogP contribution is 2.32. The maximum absolute atomic E-state index is 13.2. The van der Waals surface area contributed by atoms with Gasteiger partial charge in [-0.05, 0) is 31.5 Å². The zero-order valence-corrected chi connectivity index (χ0v) is 15.3. The molecule has 0 unspecified atom stereocenters. The van der Waals surface area contributed by atoms with Crippen LogP contribution in [0.15, 0.2) is 29.4 Å². The Labute approximate surface area is 153 Å². The Morgan fingerprint density at radius 2 is 2.04 bits per heavy atom. The molecule has 2 aromatic rings. The molecule has 0 bridgehead atoms. The quantitative estimate of drug-likeness (QED) is 0.448. The number of alkyl halides is 3. The second-order valence-electron chi connectivity index (χ2n) is 5.54. The molecular weight excluding hydrogens is 368 g/mol. The molecule has 1 aromatic carbocycles. The Hall–Kier alpha value is -2.16. The van der Waals surface area contributed by atoms with Crippen molar-refractivity contribution < 1.29 is 17.6 Å². The van der Waals surface area contributed by atoms with Crippen molar-refractivity contribution in [2.24, 2.45) is 4.99 Å². The van der Waals surface area contributed by atoms with E-state index in [1.807, 2.05) is 13.8 Å². The zero-order chi connectivity index (χ0) is 19.2. The third kappa shape index (κ3) is 5.98. The average Bonchev–Trinajstić information content (AvgIpc) is 2.98. The van der Waals surface area contributed by atoms with E-state index in [-0.39, 0.29) is 12.1 Å². The molecule has 0 aliphatic rings. The second kappa shape index (κ2) is 8.98. The van der Waals surface area contributed by atoms with Gasteiger partial charge in [0.15, 0.2) is 5.96 Å². The van der Waals surface area contributed by atoms with E-state index in [1.54, 1.807) is 17.5 Å². The van der Waals surface area contributed by atoms with Crippen LogP contribution in [-0.2, 0) is 19.1 Å². The lowest BCUT2D eigenvalue weighted by Crippen LogP contribution is -2.38. The lowest BCUT2D eigenvalue weighted by molar-refractivity contribution is -0.138. The van der Waals surface area contributed by atoms with Gasteiger partial charge in [0.05, 0.1) is 17.1 Å². The standard InChI is InChI=1S/C17H20F4N4S/c1-3-22-16(23-7-6-15-24-9-11(2)26-15)25-10-12-4-5-13(18)8-14(12)17(19,20)21/h4-5,8-9H,3,6-7,10H2,1-2H3,(H2,22,23,25). The predicted molar refractivity (Wildman–Crippen MR) is 94.8 cm³/mol. The maximum Gasteiger partial charge on any atom is 0.416 e. The van der Waals surface area contributed by atoms with Gasteiger partial charge in [0, 0.05) is 30.6 Å². The number of thiazole rings is 1. The minimum absolute atomic E-state index is 0.0772. The number of hydrogen-bond donors (Lipinski definition) is 2. The van der Waals surface area contributed by atoms with Crippen LogP contribution >= 0.6 is 11.3 Å². The van der Waals surface area contributed by atoms with Crippen molar-refractivity contribution in [1.29, 1.82) is 0 Å². The molecule has 0 radical (unpaired) electrons. The Kier molecular flexibility index (Phi) is 6.96. The van der Waals surface area contributed by atoms with Crippen LogP contribution in [0.25, 0.3) is 0 Å². The lowest BCUT2D eigenvalue weighted by atomic mass is 10.1. The van der Waals surface area contributed by atoms with E-state index < -0.39 is 17.6 Å². The van der Waals surface area contributed by atoms with Gasteiger partial charge in [-0.2, -0.15) is 13.2 Å². The number of nitrogens with zero attached hydrogens (tertiary/aromatic N) is 2. The first-order chi connectivity index (χ1) is 12.3. The highest BCUT2D eigenvalue weighted by Gasteiger charge is 2.33. The van der Waals surface area contributed by atoms with Crippen LogP contribution in [0.4, 0.5) is 17.6 Å². The molecule has 142 valence electrons. The molecule has 0 atom stereocenters. The summed E-state index contributed by atoms with van der Waals surface area (Å²) in [5.41, 5.74) is -1.08. The Morgan fingerprint density at radius 1 is 1.27 bits per heavy atom. The van der Waals surface area contributed by atoms with Gasteiger partial charge in [-0.3, -0.25) is 0 Å². The third-order valence-electron chi connectivity index (χ3n) is 3.43. The van der Waals surface area contributed by atoms with Gasteiger partial charge in [-0.25, -0.2) is 14.4 Å². The topological polar surface area (TPSA) is 49.3 Å². The van der Waals surface area contributed by atoms with Crippen LogP contribution in [0.1, 0.15) is 27.9 Å². The summed E-state index contributed by atoms with van der Waals surface area (Å²) in [7, 11) is 0. The molecule has 4 nitrogen and oxygen atoms in total. The number of aryl methyl sites for hydroxylation is 1. The van der Waals surface area contributed by atoms with E-state index in [1.165, 1.54) is 0 Å². The normalized spacial score (nSPS) is 12.3. The molecule has 9 heteroatoms. The molecule has 1 aromatic heterocycles. The molecule has 0 aliphatic heterocycles. The highest BCUT2D eigenvalue weighted by molar-refractivity contribution is 7.11. The van der Waals surface area contributed by atoms with Gasteiger partial charge in [0.2, 0.25) is 0 Å². The van der Waals surface area contributed by atoms with E-state index in [9.17, 15) is 17.6 Å². The first-order valence-corrected chi connectivity index (χ1v) is 8.90. The van der Waals surface area contributed by atoms with Crippen molar-refractivity contribution in [1.82, 2.24) is 15.6 Å². The summed E-state index contributed by atoms with van der Waals surface area (Å²) in [5.74, 6) is -0.521. The Morgan fingerprint density at radius 3 is 2.65 bits per heavy atom. The van der Waals surface area contributed by atoms with Crippen molar-refractivity contribution >= 4 is 17.3 Å². The summed E-state index contributed by atoms with van der Waals surface area (Å²) in [4.78, 5) is 9.56. The van der Waals surface area contributed by atoms with Crippen molar-refractivity contribution in [3.8, 4) is 0 Å². The molecule has 0 saturated carbocycles. The molecule has 26 heavy (non-hydrogen) atoms. The van der Waals surface area contributed by atoms with E-state index in [0.29, 0.717) is 31.5 Å². The molecule has 0 fully saturated rings. The number of aromatic nitrogens is 1. The van der Waals surface area contributed by atoms with Crippen LogP contribution in [0.3, 0.4) is 0 Å². The molecule has 2 rings (SSSR count). The van der Waals surface area contributed by atoms with Gasteiger partial charge < -0.3 is 10.6 Å². The third-order valence-corrected chi connectivity index (χ3v) is 4.40. The van der Waals surface area contributed by atoms with Gasteiger partial charge >= 0.3 is 6.18 Å². The van der Waals surface area contributed by atoms with Crippen LogP contribution < -0.4 is 10.6 Å². The zero-order valence-electron chi connectivity index (χ0n) is 14.5. The van der Waals surface area contributed by atoms with Crippen LogP contribution in [0, 0.1) is 12.7 Å². The van der Waals surface area contributed by atoms with Crippen molar-refractivity contribution in [2.45, 2.75) is 33.0 Å². The smallest absolute Gasteiger partial charge is 0.357 e. The minimum Gasteiger partial charge on any atom is -0.357 e. The van der Waals surface area contributed by atoms with Crippen molar-refractivity contribution in [2.75, 3.05) is 13.1 Å². The van der Waals surface area contributed by atoms with Gasteiger partial charge in [0.1, 0.15) is 5.82 Å². The van der Waals surface area contributed by atoms with Gasteiger partial charge in [0.25, 0.3) is 0 Å². The second-order valence-corrected chi connectivity index (χ2v) is 6.86. The number of halogens is 4. The number of guanidine groups is 1. The highest BCUT2D eigenvalue weighted by atomic mass is 32.1. The molecular formula is C17H20F4N4S. The summed E-state index contributed by atoms with van der Waals surface area (Å²) in [5, 5.41) is 7.02. The number of benzene rings is 1. The number of rotatable bonds is 6. The van der Waals surface area contributed by atoms with Crippen molar-refractivity contribution in [3.05, 3.63) is 51.2 Å². The molecule has 0 spiro atoms. The number of nitrogens with one attached hydrogen (secondary N) is 2. The van der Waals surface area contributed by atoms with E-state index in [2.05, 4.69) is 20.6 Å². The average molecular weight is 388 g/mol. The molecule has 2 N–H and O–H groups in total. The summed E-state index contributed by atoms with van der Waals surface area (Å²) in [6, 6.07) is 2.62. The largest absolute Gasteiger partial charge is 0.416 e. The van der Waals surface area contributed by atoms with Gasteiger partial charge in [-0.1, -0.05) is 6.07 Å². The SMILES string of the molecule is CCNC(=NCc1ccc(F)cc1C(F)(F)F)NCCc1ncc(C)s1.